The van der Waals surface area contributed by atoms with Crippen molar-refractivity contribution in [3.63, 3.8) is 0 Å². The van der Waals surface area contributed by atoms with Crippen LogP contribution >= 0.6 is 0 Å². The van der Waals surface area contributed by atoms with Gasteiger partial charge in [-0.25, -0.2) is 4.79 Å². The third kappa shape index (κ3) is 4.27. The lowest BCUT2D eigenvalue weighted by Gasteiger charge is -2.39. The van der Waals surface area contributed by atoms with Crippen LogP contribution < -0.4 is 5.32 Å². The third-order valence-corrected chi connectivity index (χ3v) is 7.52. The molecule has 7 nitrogen and oxygen atoms in total. The second-order valence-corrected chi connectivity index (χ2v) is 10.1. The van der Waals surface area contributed by atoms with E-state index in [4.69, 9.17) is 0 Å². The maximum atomic E-state index is 13.4. The van der Waals surface area contributed by atoms with Crippen molar-refractivity contribution in [2.24, 2.45) is 5.92 Å². The molecule has 4 rings (SSSR count). The Labute approximate surface area is 191 Å². The molecule has 0 unspecified atom stereocenters. The molecule has 7 heteroatoms. The largest absolute Gasteiger partial charge is 0.342 e. The van der Waals surface area contributed by atoms with E-state index in [1.807, 2.05) is 18.7 Å². The molecule has 3 aliphatic rings. The minimum atomic E-state index is -0.832. The third-order valence-electron chi connectivity index (χ3n) is 7.52. The standard InChI is InChI=1S/C25H36N4O3/c1-17(2)22(30)28-13-9-25(10-14-28)23(31)29(24(32)26-25)21-7-11-27(12-8-21)16-20-6-5-18(3)19(4)15-20/h5-6,15,17,21H,7-14,16H2,1-4H3,(H,26,32). The fourth-order valence-corrected chi connectivity index (χ4v) is 5.28. The van der Waals surface area contributed by atoms with Crippen LogP contribution in [0.2, 0.25) is 0 Å². The maximum Gasteiger partial charge on any atom is 0.325 e. The number of carbonyl (C=O) groups is 3. The molecule has 0 bridgehead atoms. The van der Waals surface area contributed by atoms with Crippen molar-refractivity contribution in [1.29, 1.82) is 0 Å². The minimum Gasteiger partial charge on any atom is -0.342 e. The maximum absolute atomic E-state index is 13.4. The molecule has 0 aliphatic carbocycles. The smallest absolute Gasteiger partial charge is 0.325 e. The molecule has 3 heterocycles. The number of hydrogen-bond acceptors (Lipinski definition) is 4. The number of piperidine rings is 2. The second-order valence-electron chi connectivity index (χ2n) is 10.1. The van der Waals surface area contributed by atoms with Crippen molar-refractivity contribution in [3.05, 3.63) is 34.9 Å². The van der Waals surface area contributed by atoms with Crippen molar-refractivity contribution in [3.8, 4) is 0 Å². The second kappa shape index (κ2) is 8.85. The van der Waals surface area contributed by atoms with Crippen molar-refractivity contribution < 1.29 is 14.4 Å². The van der Waals surface area contributed by atoms with Gasteiger partial charge in [0.15, 0.2) is 0 Å². The Balaban J connectivity index is 1.34. The summed E-state index contributed by atoms with van der Waals surface area (Å²) in [5.74, 6) is -0.0280. The number of urea groups is 1. The van der Waals surface area contributed by atoms with E-state index in [9.17, 15) is 14.4 Å². The van der Waals surface area contributed by atoms with Gasteiger partial charge in [-0.3, -0.25) is 19.4 Å². The molecule has 1 spiro atoms. The number of imide groups is 1. The Morgan fingerprint density at radius 1 is 1.06 bits per heavy atom. The van der Waals surface area contributed by atoms with Gasteiger partial charge in [0.2, 0.25) is 5.91 Å². The molecule has 174 valence electrons. The van der Waals surface area contributed by atoms with Crippen LogP contribution in [0.3, 0.4) is 0 Å². The van der Waals surface area contributed by atoms with Gasteiger partial charge in [-0.1, -0.05) is 32.0 Å². The van der Waals surface area contributed by atoms with Crippen LogP contribution in [-0.4, -0.2) is 70.3 Å². The van der Waals surface area contributed by atoms with E-state index in [0.717, 1.165) is 32.5 Å². The van der Waals surface area contributed by atoms with Gasteiger partial charge >= 0.3 is 6.03 Å². The van der Waals surface area contributed by atoms with E-state index in [-0.39, 0.29) is 29.8 Å². The van der Waals surface area contributed by atoms with E-state index < -0.39 is 5.54 Å². The summed E-state index contributed by atoms with van der Waals surface area (Å²) in [6.45, 7) is 11.7. The fraction of sp³-hybridized carbons (Fsp3) is 0.640. The molecule has 0 atom stereocenters. The number of aryl methyl sites for hydroxylation is 2. The highest BCUT2D eigenvalue weighted by molar-refractivity contribution is 6.07. The number of rotatable bonds is 4. The highest BCUT2D eigenvalue weighted by Gasteiger charge is 2.54. The van der Waals surface area contributed by atoms with Gasteiger partial charge in [0.05, 0.1) is 0 Å². The number of nitrogens with zero attached hydrogens (tertiary/aromatic N) is 3. The normalized spacial score (nSPS) is 22.2. The summed E-state index contributed by atoms with van der Waals surface area (Å²) < 4.78 is 0. The van der Waals surface area contributed by atoms with Crippen LogP contribution in [0.1, 0.15) is 56.2 Å². The molecule has 1 aromatic carbocycles. The zero-order valence-corrected chi connectivity index (χ0v) is 19.8. The molecule has 3 saturated heterocycles. The summed E-state index contributed by atoms with van der Waals surface area (Å²) in [4.78, 5) is 44.2. The van der Waals surface area contributed by atoms with Crippen molar-refractivity contribution in [1.82, 2.24) is 20.0 Å². The van der Waals surface area contributed by atoms with Crippen LogP contribution in [0, 0.1) is 19.8 Å². The van der Waals surface area contributed by atoms with Gasteiger partial charge in [-0.15, -0.1) is 0 Å². The van der Waals surface area contributed by atoms with Crippen LogP contribution in [0.5, 0.6) is 0 Å². The Bertz CT molecular complexity index is 896. The van der Waals surface area contributed by atoms with E-state index in [0.29, 0.717) is 25.9 Å². The molecule has 4 amide bonds. The number of carbonyl (C=O) groups excluding carboxylic acids is 3. The SMILES string of the molecule is Cc1ccc(CN2CCC(N3C(=O)NC4(CCN(C(=O)C(C)C)CC4)C3=O)CC2)cc1C. The number of likely N-dealkylation sites (tertiary alicyclic amines) is 2. The highest BCUT2D eigenvalue weighted by atomic mass is 16.2. The minimum absolute atomic E-state index is 0.0480. The summed E-state index contributed by atoms with van der Waals surface area (Å²) in [7, 11) is 0. The molecule has 0 aromatic heterocycles. The van der Waals surface area contributed by atoms with E-state index in [1.165, 1.54) is 21.6 Å². The molecular weight excluding hydrogens is 404 g/mol. The Kier molecular flexibility index (Phi) is 6.30. The summed E-state index contributed by atoms with van der Waals surface area (Å²) in [6.07, 6.45) is 2.60. The summed E-state index contributed by atoms with van der Waals surface area (Å²) in [5, 5.41) is 3.00. The molecule has 0 radical (unpaired) electrons. The van der Waals surface area contributed by atoms with Gasteiger partial charge in [0.25, 0.3) is 5.91 Å². The molecular formula is C25H36N4O3. The number of nitrogens with one attached hydrogen (secondary N) is 1. The zero-order chi connectivity index (χ0) is 23.0. The predicted octanol–water partition coefficient (Wildman–Crippen LogP) is 2.84. The Hall–Kier alpha value is -2.41. The first-order valence-electron chi connectivity index (χ1n) is 11.9. The molecule has 3 aliphatic heterocycles. The van der Waals surface area contributed by atoms with Crippen LogP contribution in [-0.2, 0) is 16.1 Å². The molecule has 3 fully saturated rings. The quantitative estimate of drug-likeness (QED) is 0.731. The lowest BCUT2D eigenvalue weighted by atomic mass is 9.86. The van der Waals surface area contributed by atoms with E-state index in [1.54, 1.807) is 0 Å². The molecule has 32 heavy (non-hydrogen) atoms. The Morgan fingerprint density at radius 2 is 1.72 bits per heavy atom. The van der Waals surface area contributed by atoms with Crippen molar-refractivity contribution in [2.45, 2.75) is 71.5 Å². The summed E-state index contributed by atoms with van der Waals surface area (Å²) >= 11 is 0. The monoisotopic (exact) mass is 440 g/mol. The van der Waals surface area contributed by atoms with E-state index in [2.05, 4.69) is 42.3 Å². The van der Waals surface area contributed by atoms with Gasteiger partial charge < -0.3 is 10.2 Å². The lowest BCUT2D eigenvalue weighted by Crippen LogP contribution is -2.56. The van der Waals surface area contributed by atoms with Gasteiger partial charge in [0.1, 0.15) is 5.54 Å². The van der Waals surface area contributed by atoms with Crippen LogP contribution in [0.25, 0.3) is 0 Å². The van der Waals surface area contributed by atoms with Gasteiger partial charge in [0, 0.05) is 44.7 Å². The van der Waals surface area contributed by atoms with Gasteiger partial charge in [-0.05, 0) is 56.2 Å². The first-order chi connectivity index (χ1) is 15.2. The highest BCUT2D eigenvalue weighted by Crippen LogP contribution is 2.33. The average molecular weight is 441 g/mol. The molecule has 0 saturated carbocycles. The topological polar surface area (TPSA) is 73.0 Å². The number of amides is 4. The molecule has 1 N–H and O–H groups in total. The van der Waals surface area contributed by atoms with Crippen LogP contribution in [0.4, 0.5) is 4.79 Å². The van der Waals surface area contributed by atoms with Crippen LogP contribution in [0.15, 0.2) is 18.2 Å². The molecule has 1 aromatic rings. The van der Waals surface area contributed by atoms with Crippen molar-refractivity contribution in [2.75, 3.05) is 26.2 Å². The zero-order valence-electron chi connectivity index (χ0n) is 19.8. The van der Waals surface area contributed by atoms with E-state index >= 15 is 0 Å². The predicted molar refractivity (Wildman–Crippen MR) is 123 cm³/mol. The Morgan fingerprint density at radius 3 is 2.31 bits per heavy atom. The summed E-state index contributed by atoms with van der Waals surface area (Å²) in [5.41, 5.74) is 3.09. The summed E-state index contributed by atoms with van der Waals surface area (Å²) in [6, 6.07) is 6.30. The number of benzene rings is 1. The average Bonchev–Trinajstić information content (AvgIpc) is 3.00. The fourth-order valence-electron chi connectivity index (χ4n) is 5.28. The number of hydrogen-bond donors (Lipinski definition) is 1. The van der Waals surface area contributed by atoms with Crippen molar-refractivity contribution >= 4 is 17.8 Å². The van der Waals surface area contributed by atoms with Gasteiger partial charge in [-0.2, -0.15) is 0 Å². The first-order valence-corrected chi connectivity index (χ1v) is 11.9. The lowest BCUT2D eigenvalue weighted by molar-refractivity contribution is -0.141. The first kappa shape index (κ1) is 22.8.